The lowest BCUT2D eigenvalue weighted by molar-refractivity contribution is -0.118. The Hall–Kier alpha value is -1.03. The summed E-state index contributed by atoms with van der Waals surface area (Å²) in [4.78, 5) is 11.9. The monoisotopic (exact) mass is 282 g/mol. The highest BCUT2D eigenvalue weighted by molar-refractivity contribution is 9.10. The molecule has 0 bridgehead atoms. The van der Waals surface area contributed by atoms with E-state index in [2.05, 4.69) is 35.1 Å². The van der Waals surface area contributed by atoms with Crippen molar-refractivity contribution >= 4 is 33.2 Å². The van der Waals surface area contributed by atoms with E-state index in [0.29, 0.717) is 5.69 Å². The Morgan fingerprint density at radius 1 is 1.56 bits per heavy atom. The number of hydrogen-bond acceptors (Lipinski definition) is 2. The molecule has 3 N–H and O–H groups in total. The molecule has 1 atom stereocenters. The number of nitrogens with two attached hydrogens (primary N) is 1. The van der Waals surface area contributed by atoms with E-state index < -0.39 is 0 Å². The van der Waals surface area contributed by atoms with Gasteiger partial charge in [0, 0.05) is 16.1 Å². The zero-order chi connectivity index (χ0) is 11.9. The Morgan fingerprint density at radius 2 is 2.19 bits per heavy atom. The number of halogens is 1. The molecule has 1 fully saturated rings. The SMILES string of the molecule is CC1(C)CC1C(=O)Nc1cc(N)ccc1Br. The van der Waals surface area contributed by atoms with Crippen molar-refractivity contribution < 1.29 is 4.79 Å². The maximum absolute atomic E-state index is 11.9. The van der Waals surface area contributed by atoms with Crippen LogP contribution in [0.25, 0.3) is 0 Å². The third kappa shape index (κ3) is 2.21. The zero-order valence-electron chi connectivity index (χ0n) is 9.38. The third-order valence-corrected chi connectivity index (χ3v) is 3.77. The van der Waals surface area contributed by atoms with Gasteiger partial charge >= 0.3 is 0 Å². The van der Waals surface area contributed by atoms with Crippen molar-refractivity contribution in [2.45, 2.75) is 20.3 Å². The Balaban J connectivity index is 2.10. The zero-order valence-corrected chi connectivity index (χ0v) is 11.0. The summed E-state index contributed by atoms with van der Waals surface area (Å²) in [5.74, 6) is 0.206. The molecule has 1 aliphatic rings. The van der Waals surface area contributed by atoms with Gasteiger partial charge in [0.2, 0.25) is 5.91 Å². The predicted molar refractivity (Wildman–Crippen MR) is 69.1 cm³/mol. The first kappa shape index (κ1) is 11.5. The summed E-state index contributed by atoms with van der Waals surface area (Å²) >= 11 is 3.39. The van der Waals surface area contributed by atoms with Crippen LogP contribution in [-0.4, -0.2) is 5.91 Å². The van der Waals surface area contributed by atoms with Crippen molar-refractivity contribution in [1.82, 2.24) is 0 Å². The molecular weight excluding hydrogens is 268 g/mol. The summed E-state index contributed by atoms with van der Waals surface area (Å²) in [5, 5.41) is 2.90. The van der Waals surface area contributed by atoms with Gasteiger partial charge < -0.3 is 11.1 Å². The Kier molecular flexibility index (Phi) is 2.70. The molecule has 16 heavy (non-hydrogen) atoms. The van der Waals surface area contributed by atoms with Gasteiger partial charge in [0.25, 0.3) is 0 Å². The molecule has 0 aliphatic heterocycles. The van der Waals surface area contributed by atoms with Crippen molar-refractivity contribution in [3.63, 3.8) is 0 Å². The van der Waals surface area contributed by atoms with E-state index in [1.807, 2.05) is 6.07 Å². The van der Waals surface area contributed by atoms with Gasteiger partial charge in [0.1, 0.15) is 0 Å². The highest BCUT2D eigenvalue weighted by Crippen LogP contribution is 2.52. The first-order valence-electron chi connectivity index (χ1n) is 5.26. The minimum absolute atomic E-state index is 0.0799. The van der Waals surface area contributed by atoms with Crippen LogP contribution in [0.3, 0.4) is 0 Å². The number of carbonyl (C=O) groups is 1. The van der Waals surface area contributed by atoms with Gasteiger partial charge in [-0.2, -0.15) is 0 Å². The molecule has 3 nitrogen and oxygen atoms in total. The van der Waals surface area contributed by atoms with E-state index in [0.717, 1.165) is 16.6 Å². The molecule has 0 saturated heterocycles. The third-order valence-electron chi connectivity index (χ3n) is 3.08. The molecule has 4 heteroatoms. The van der Waals surface area contributed by atoms with Gasteiger partial charge in [-0.3, -0.25) is 4.79 Å². The van der Waals surface area contributed by atoms with E-state index in [1.54, 1.807) is 12.1 Å². The molecule has 0 radical (unpaired) electrons. The average molecular weight is 283 g/mol. The quantitative estimate of drug-likeness (QED) is 0.820. The van der Waals surface area contributed by atoms with Crippen molar-refractivity contribution in [2.75, 3.05) is 11.1 Å². The van der Waals surface area contributed by atoms with Gasteiger partial charge in [-0.1, -0.05) is 13.8 Å². The van der Waals surface area contributed by atoms with Crippen molar-refractivity contribution in [2.24, 2.45) is 11.3 Å². The first-order chi connectivity index (χ1) is 7.40. The highest BCUT2D eigenvalue weighted by atomic mass is 79.9. The van der Waals surface area contributed by atoms with Crippen LogP contribution >= 0.6 is 15.9 Å². The van der Waals surface area contributed by atoms with Crippen molar-refractivity contribution in [3.8, 4) is 0 Å². The summed E-state index contributed by atoms with van der Waals surface area (Å²) < 4.78 is 0.855. The number of hydrogen-bond donors (Lipinski definition) is 2. The van der Waals surface area contributed by atoms with Crippen LogP contribution in [-0.2, 0) is 4.79 Å². The molecule has 1 saturated carbocycles. The molecule has 0 spiro atoms. The number of nitrogens with one attached hydrogen (secondary N) is 1. The fraction of sp³-hybridized carbons (Fsp3) is 0.417. The van der Waals surface area contributed by atoms with Crippen LogP contribution in [0, 0.1) is 11.3 Å². The number of rotatable bonds is 2. The van der Waals surface area contributed by atoms with Crippen molar-refractivity contribution in [1.29, 1.82) is 0 Å². The summed E-state index contributed by atoms with van der Waals surface area (Å²) in [5.41, 5.74) is 7.22. The molecule has 86 valence electrons. The fourth-order valence-corrected chi connectivity index (χ4v) is 2.12. The molecule has 0 aromatic heterocycles. The van der Waals surface area contributed by atoms with Crippen LogP contribution < -0.4 is 11.1 Å². The lowest BCUT2D eigenvalue weighted by Gasteiger charge is -2.09. The highest BCUT2D eigenvalue weighted by Gasteiger charge is 2.50. The Morgan fingerprint density at radius 3 is 2.75 bits per heavy atom. The molecule has 1 aromatic rings. The van der Waals surface area contributed by atoms with E-state index in [1.165, 1.54) is 0 Å². The maximum atomic E-state index is 11.9. The van der Waals surface area contributed by atoms with E-state index in [9.17, 15) is 4.79 Å². The minimum Gasteiger partial charge on any atom is -0.399 e. The summed E-state index contributed by atoms with van der Waals surface area (Å²) in [6, 6.07) is 5.39. The van der Waals surface area contributed by atoms with Crippen LogP contribution in [0.2, 0.25) is 0 Å². The minimum atomic E-state index is 0.0799. The number of benzene rings is 1. The van der Waals surface area contributed by atoms with Gasteiger partial charge in [0.05, 0.1) is 5.69 Å². The fourth-order valence-electron chi connectivity index (χ4n) is 1.77. The summed E-state index contributed by atoms with van der Waals surface area (Å²) in [6.45, 7) is 4.21. The van der Waals surface area contributed by atoms with Crippen LogP contribution in [0.5, 0.6) is 0 Å². The molecule has 1 unspecified atom stereocenters. The second-order valence-electron chi connectivity index (χ2n) is 4.97. The van der Waals surface area contributed by atoms with Gasteiger partial charge in [-0.05, 0) is 46.0 Å². The average Bonchev–Trinajstić information content (AvgIpc) is 2.82. The lowest BCUT2D eigenvalue weighted by Crippen LogP contribution is -2.16. The Bertz CT molecular complexity index is 443. The number of amides is 1. The smallest absolute Gasteiger partial charge is 0.228 e. The van der Waals surface area contributed by atoms with Gasteiger partial charge in [-0.25, -0.2) is 0 Å². The van der Waals surface area contributed by atoms with Crippen molar-refractivity contribution in [3.05, 3.63) is 22.7 Å². The van der Waals surface area contributed by atoms with E-state index in [4.69, 9.17) is 5.73 Å². The second kappa shape index (κ2) is 3.77. The maximum Gasteiger partial charge on any atom is 0.228 e. The largest absolute Gasteiger partial charge is 0.399 e. The summed E-state index contributed by atoms with van der Waals surface area (Å²) in [7, 11) is 0. The van der Waals surface area contributed by atoms with Gasteiger partial charge in [-0.15, -0.1) is 0 Å². The molecule has 2 rings (SSSR count). The Labute approximate surface area is 104 Å². The summed E-state index contributed by atoms with van der Waals surface area (Å²) in [6.07, 6.45) is 0.957. The first-order valence-corrected chi connectivity index (χ1v) is 6.05. The molecule has 1 amide bonds. The standard InChI is InChI=1S/C12H15BrN2O/c1-12(2)6-8(12)11(16)15-10-5-7(14)3-4-9(10)13/h3-5,8H,6,14H2,1-2H3,(H,15,16). The van der Waals surface area contributed by atoms with Crippen LogP contribution in [0.15, 0.2) is 22.7 Å². The van der Waals surface area contributed by atoms with Crippen LogP contribution in [0.4, 0.5) is 11.4 Å². The number of nitrogen functional groups attached to an aromatic ring is 1. The normalized spacial score (nSPS) is 21.6. The number of carbonyl (C=O) groups excluding carboxylic acids is 1. The van der Waals surface area contributed by atoms with Crippen LogP contribution in [0.1, 0.15) is 20.3 Å². The second-order valence-corrected chi connectivity index (χ2v) is 5.83. The predicted octanol–water partition coefficient (Wildman–Crippen LogP) is 3.02. The van der Waals surface area contributed by atoms with E-state index >= 15 is 0 Å². The molecule has 0 heterocycles. The number of anilines is 2. The van der Waals surface area contributed by atoms with Gasteiger partial charge in [0.15, 0.2) is 0 Å². The molecule has 1 aliphatic carbocycles. The molecular formula is C12H15BrN2O. The van der Waals surface area contributed by atoms with E-state index in [-0.39, 0.29) is 17.2 Å². The lowest BCUT2D eigenvalue weighted by atomic mass is 10.1. The molecule has 1 aromatic carbocycles. The topological polar surface area (TPSA) is 55.1 Å².